The highest BCUT2D eigenvalue weighted by Gasteiger charge is 2.23. The van der Waals surface area contributed by atoms with Crippen LogP contribution < -0.4 is 5.32 Å². The third-order valence-electron chi connectivity index (χ3n) is 4.26. The fourth-order valence-electron chi connectivity index (χ4n) is 2.74. The minimum atomic E-state index is -0.845. The molecule has 3 rings (SSSR count). The summed E-state index contributed by atoms with van der Waals surface area (Å²) in [6.45, 7) is 3.22. The average Bonchev–Trinajstić information content (AvgIpc) is 2.98. The lowest BCUT2D eigenvalue weighted by Crippen LogP contribution is -2.21. The molecule has 1 N–H and O–H groups in total. The van der Waals surface area contributed by atoms with Gasteiger partial charge in [-0.1, -0.05) is 41.4 Å². The van der Waals surface area contributed by atoms with Gasteiger partial charge in [-0.3, -0.25) is 4.79 Å². The number of aromatic nitrogens is 2. The van der Waals surface area contributed by atoms with Crippen molar-refractivity contribution in [1.82, 2.24) is 9.78 Å². The van der Waals surface area contributed by atoms with Gasteiger partial charge in [0.25, 0.3) is 5.91 Å². The van der Waals surface area contributed by atoms with Crippen LogP contribution in [0.3, 0.4) is 0 Å². The van der Waals surface area contributed by atoms with Gasteiger partial charge in [0, 0.05) is 6.07 Å². The maximum Gasteiger partial charge on any atom is 0.343 e. The standard InChI is InChI=1S/C21H18ClF2N3O3/c1-12-3-5-14(6-4-12)10-27-20(22)19(13(2)26-27)21(29)30-11-18(28)25-17-9-15(23)7-8-16(17)24/h3-9H,10-11H2,1-2H3,(H,25,28). The third kappa shape index (κ3) is 5.01. The molecule has 0 aliphatic carbocycles. The highest BCUT2D eigenvalue weighted by atomic mass is 35.5. The van der Waals surface area contributed by atoms with Gasteiger partial charge in [-0.2, -0.15) is 5.10 Å². The summed E-state index contributed by atoms with van der Waals surface area (Å²) in [5, 5.41) is 6.48. The number of nitrogens with zero attached hydrogens (tertiary/aromatic N) is 2. The second kappa shape index (κ2) is 9.04. The lowest BCUT2D eigenvalue weighted by molar-refractivity contribution is -0.119. The van der Waals surface area contributed by atoms with Crippen molar-refractivity contribution in [3.8, 4) is 0 Å². The lowest BCUT2D eigenvalue weighted by atomic mass is 10.1. The number of hydrogen-bond donors (Lipinski definition) is 1. The number of halogens is 3. The first-order valence-corrected chi connectivity index (χ1v) is 9.33. The first-order chi connectivity index (χ1) is 14.2. The number of aryl methyl sites for hydroxylation is 2. The van der Waals surface area contributed by atoms with E-state index in [-0.39, 0.29) is 16.4 Å². The third-order valence-corrected chi connectivity index (χ3v) is 4.64. The van der Waals surface area contributed by atoms with Gasteiger partial charge in [-0.05, 0) is 31.5 Å². The molecule has 2 aromatic carbocycles. The Bertz CT molecular complexity index is 1100. The smallest absolute Gasteiger partial charge is 0.343 e. The quantitative estimate of drug-likeness (QED) is 0.589. The van der Waals surface area contributed by atoms with Crippen LogP contribution in [0.2, 0.25) is 5.15 Å². The van der Waals surface area contributed by atoms with E-state index in [2.05, 4.69) is 10.4 Å². The molecular weight excluding hydrogens is 416 g/mol. The maximum atomic E-state index is 13.6. The molecular formula is C21H18ClF2N3O3. The molecule has 6 nitrogen and oxygen atoms in total. The second-order valence-electron chi connectivity index (χ2n) is 6.64. The van der Waals surface area contributed by atoms with Gasteiger partial charge in [-0.15, -0.1) is 0 Å². The Morgan fingerprint density at radius 3 is 2.53 bits per heavy atom. The summed E-state index contributed by atoms with van der Waals surface area (Å²) in [5.74, 6) is -3.20. The molecule has 0 radical (unpaired) electrons. The van der Waals surface area contributed by atoms with Gasteiger partial charge in [0.1, 0.15) is 22.4 Å². The number of rotatable bonds is 6. The molecule has 0 spiro atoms. The van der Waals surface area contributed by atoms with Gasteiger partial charge in [0.15, 0.2) is 6.61 Å². The van der Waals surface area contributed by atoms with Crippen LogP contribution in [0.1, 0.15) is 27.2 Å². The van der Waals surface area contributed by atoms with Gasteiger partial charge < -0.3 is 10.1 Å². The monoisotopic (exact) mass is 433 g/mol. The summed E-state index contributed by atoms with van der Waals surface area (Å²) in [6.07, 6.45) is 0. The van der Waals surface area contributed by atoms with E-state index in [0.29, 0.717) is 12.2 Å². The number of amides is 1. The van der Waals surface area contributed by atoms with E-state index in [9.17, 15) is 18.4 Å². The van der Waals surface area contributed by atoms with Crippen LogP contribution in [0, 0.1) is 25.5 Å². The normalized spacial score (nSPS) is 10.7. The van der Waals surface area contributed by atoms with Crippen LogP contribution >= 0.6 is 11.6 Å². The molecule has 0 fully saturated rings. The zero-order chi connectivity index (χ0) is 21.8. The summed E-state index contributed by atoms with van der Waals surface area (Å²) >= 11 is 6.30. The van der Waals surface area contributed by atoms with Crippen molar-refractivity contribution >= 4 is 29.2 Å². The van der Waals surface area contributed by atoms with Crippen molar-refractivity contribution in [1.29, 1.82) is 0 Å². The molecule has 9 heteroatoms. The SMILES string of the molecule is Cc1ccc(Cn2nc(C)c(C(=O)OCC(=O)Nc3cc(F)ccc3F)c2Cl)cc1. The fourth-order valence-corrected chi connectivity index (χ4v) is 3.05. The van der Waals surface area contributed by atoms with Crippen molar-refractivity contribution in [2.45, 2.75) is 20.4 Å². The molecule has 156 valence electrons. The predicted octanol–water partition coefficient (Wildman–Crippen LogP) is 4.28. The van der Waals surface area contributed by atoms with Crippen LogP contribution in [-0.2, 0) is 16.1 Å². The molecule has 0 atom stereocenters. The maximum absolute atomic E-state index is 13.6. The number of nitrogens with one attached hydrogen (secondary N) is 1. The lowest BCUT2D eigenvalue weighted by Gasteiger charge is -2.08. The zero-order valence-electron chi connectivity index (χ0n) is 16.2. The molecule has 0 aliphatic rings. The summed E-state index contributed by atoms with van der Waals surface area (Å²) < 4.78 is 33.2. The van der Waals surface area contributed by atoms with Gasteiger partial charge in [-0.25, -0.2) is 18.3 Å². The first-order valence-electron chi connectivity index (χ1n) is 8.95. The number of hydrogen-bond acceptors (Lipinski definition) is 4. The Labute approximate surface area is 176 Å². The van der Waals surface area contributed by atoms with E-state index < -0.39 is 30.1 Å². The Hall–Kier alpha value is -3.26. The Morgan fingerprint density at radius 2 is 1.83 bits per heavy atom. The number of ether oxygens (including phenoxy) is 1. The van der Waals surface area contributed by atoms with Crippen molar-refractivity contribution < 1.29 is 23.1 Å². The predicted molar refractivity (Wildman–Crippen MR) is 108 cm³/mol. The zero-order valence-corrected chi connectivity index (χ0v) is 17.0. The van der Waals surface area contributed by atoms with Crippen LogP contribution in [0.15, 0.2) is 42.5 Å². The molecule has 0 bridgehead atoms. The number of carbonyl (C=O) groups is 2. The summed E-state index contributed by atoms with van der Waals surface area (Å²) in [7, 11) is 0. The second-order valence-corrected chi connectivity index (χ2v) is 7.00. The highest BCUT2D eigenvalue weighted by Crippen LogP contribution is 2.22. The molecule has 3 aromatic rings. The molecule has 1 amide bonds. The van der Waals surface area contributed by atoms with Crippen molar-refractivity contribution in [3.05, 3.63) is 81.6 Å². The van der Waals surface area contributed by atoms with Crippen molar-refractivity contribution in [2.75, 3.05) is 11.9 Å². The van der Waals surface area contributed by atoms with Crippen LogP contribution in [0.4, 0.5) is 14.5 Å². The minimum absolute atomic E-state index is 0.0357. The first kappa shape index (κ1) is 21.4. The minimum Gasteiger partial charge on any atom is -0.452 e. The van der Waals surface area contributed by atoms with Gasteiger partial charge in [0.2, 0.25) is 0 Å². The summed E-state index contributed by atoms with van der Waals surface area (Å²) in [5.41, 5.74) is 2.09. The molecule has 0 saturated carbocycles. The number of anilines is 1. The molecule has 1 aromatic heterocycles. The van der Waals surface area contributed by atoms with E-state index in [1.54, 1.807) is 6.92 Å². The van der Waals surface area contributed by atoms with Gasteiger partial charge in [0.05, 0.1) is 17.9 Å². The topological polar surface area (TPSA) is 73.2 Å². The number of benzene rings is 2. The van der Waals surface area contributed by atoms with E-state index >= 15 is 0 Å². The van der Waals surface area contributed by atoms with E-state index in [1.165, 1.54) is 4.68 Å². The fraction of sp³-hybridized carbons (Fsp3) is 0.190. The van der Waals surface area contributed by atoms with Crippen molar-refractivity contribution in [2.24, 2.45) is 0 Å². The van der Waals surface area contributed by atoms with Crippen molar-refractivity contribution in [3.63, 3.8) is 0 Å². The molecule has 30 heavy (non-hydrogen) atoms. The number of esters is 1. The highest BCUT2D eigenvalue weighted by molar-refractivity contribution is 6.32. The number of carbonyl (C=O) groups excluding carboxylic acids is 2. The van der Waals surface area contributed by atoms with E-state index in [4.69, 9.17) is 16.3 Å². The van der Waals surface area contributed by atoms with Crippen LogP contribution in [-0.4, -0.2) is 28.3 Å². The largest absolute Gasteiger partial charge is 0.452 e. The van der Waals surface area contributed by atoms with E-state index in [0.717, 1.165) is 29.3 Å². The Kier molecular flexibility index (Phi) is 6.47. The molecule has 0 unspecified atom stereocenters. The average molecular weight is 434 g/mol. The molecule has 0 saturated heterocycles. The van der Waals surface area contributed by atoms with Gasteiger partial charge >= 0.3 is 5.97 Å². The summed E-state index contributed by atoms with van der Waals surface area (Å²) in [6, 6.07) is 10.4. The summed E-state index contributed by atoms with van der Waals surface area (Å²) in [4.78, 5) is 24.3. The molecule has 1 heterocycles. The molecule has 0 aliphatic heterocycles. The van der Waals surface area contributed by atoms with E-state index in [1.807, 2.05) is 31.2 Å². The Morgan fingerprint density at radius 1 is 1.13 bits per heavy atom. The van der Waals surface area contributed by atoms with Crippen LogP contribution in [0.5, 0.6) is 0 Å². The Balaban J connectivity index is 1.65. The van der Waals surface area contributed by atoms with Crippen LogP contribution in [0.25, 0.3) is 0 Å².